The number of hydrogen-bond acceptors (Lipinski definition) is 4. The summed E-state index contributed by atoms with van der Waals surface area (Å²) < 4.78 is 17.7. The lowest BCUT2D eigenvalue weighted by Crippen LogP contribution is -2.25. The van der Waals surface area contributed by atoms with Gasteiger partial charge in [0.1, 0.15) is 5.82 Å². The van der Waals surface area contributed by atoms with Crippen molar-refractivity contribution >= 4 is 5.91 Å². The van der Waals surface area contributed by atoms with Gasteiger partial charge in [0.05, 0.1) is 13.0 Å². The molecule has 0 saturated carbocycles. The number of rotatable bonds is 4. The van der Waals surface area contributed by atoms with Crippen LogP contribution < -0.4 is 5.32 Å². The lowest BCUT2D eigenvalue weighted by molar-refractivity contribution is -0.120. The maximum Gasteiger partial charge on any atom is 0.224 e. The Balaban J connectivity index is 1.85. The predicted molar refractivity (Wildman–Crippen MR) is 61.0 cm³/mol. The van der Waals surface area contributed by atoms with E-state index >= 15 is 0 Å². The summed E-state index contributed by atoms with van der Waals surface area (Å²) in [5.74, 6) is 0.293. The molecule has 0 spiro atoms. The van der Waals surface area contributed by atoms with Crippen LogP contribution >= 0.6 is 0 Å². The minimum atomic E-state index is -0.353. The van der Waals surface area contributed by atoms with Crippen molar-refractivity contribution in [3.63, 3.8) is 0 Å². The van der Waals surface area contributed by atoms with E-state index in [-0.39, 0.29) is 24.7 Å². The molecule has 0 aliphatic rings. The molecule has 1 N–H and O–H groups in total. The highest BCUT2D eigenvalue weighted by Gasteiger charge is 2.07. The van der Waals surface area contributed by atoms with Gasteiger partial charge in [-0.1, -0.05) is 17.3 Å². The van der Waals surface area contributed by atoms with Gasteiger partial charge in [0.15, 0.2) is 5.82 Å². The van der Waals surface area contributed by atoms with Crippen molar-refractivity contribution in [3.8, 4) is 0 Å². The van der Waals surface area contributed by atoms with Gasteiger partial charge in [-0.25, -0.2) is 4.39 Å². The van der Waals surface area contributed by atoms with Crippen LogP contribution in [0.1, 0.15) is 17.3 Å². The molecule has 2 rings (SSSR count). The molecule has 0 aliphatic carbocycles. The molecule has 1 aromatic heterocycles. The van der Waals surface area contributed by atoms with Gasteiger partial charge in [-0.2, -0.15) is 4.98 Å². The number of carbonyl (C=O) groups is 1. The lowest BCUT2D eigenvalue weighted by Gasteiger charge is -2.02. The summed E-state index contributed by atoms with van der Waals surface area (Å²) in [6, 6.07) is 5.93. The first kappa shape index (κ1) is 12.2. The van der Waals surface area contributed by atoms with E-state index in [0.717, 1.165) is 0 Å². The molecule has 1 aromatic carbocycles. The largest absolute Gasteiger partial charge is 0.348 e. The molecule has 0 radical (unpaired) electrons. The Morgan fingerprint density at radius 2 is 2.33 bits per heavy atom. The van der Waals surface area contributed by atoms with E-state index in [1.165, 1.54) is 12.1 Å². The molecule has 0 atom stereocenters. The Morgan fingerprint density at radius 3 is 3.00 bits per heavy atom. The van der Waals surface area contributed by atoms with Crippen LogP contribution in [0, 0.1) is 12.7 Å². The minimum Gasteiger partial charge on any atom is -0.348 e. The van der Waals surface area contributed by atoms with Crippen LogP contribution in [0.2, 0.25) is 0 Å². The monoisotopic (exact) mass is 249 g/mol. The van der Waals surface area contributed by atoms with Crippen molar-refractivity contribution < 1.29 is 13.7 Å². The standard InChI is InChI=1S/C12H12FN3O2/c1-8-15-11(16-18-8)7-14-12(17)6-9-3-2-4-10(13)5-9/h2-5H,6-7H2,1H3,(H,14,17). The molecule has 6 heteroatoms. The van der Waals surface area contributed by atoms with Crippen molar-refractivity contribution in [2.75, 3.05) is 0 Å². The minimum absolute atomic E-state index is 0.120. The second-order valence-corrected chi connectivity index (χ2v) is 3.81. The number of aromatic nitrogens is 2. The summed E-state index contributed by atoms with van der Waals surface area (Å²) in [6.45, 7) is 1.87. The molecule has 0 aliphatic heterocycles. The number of amides is 1. The third kappa shape index (κ3) is 3.38. The molecule has 0 unspecified atom stereocenters. The normalized spacial score (nSPS) is 10.3. The molecular weight excluding hydrogens is 237 g/mol. The molecule has 94 valence electrons. The third-order valence-corrected chi connectivity index (χ3v) is 2.27. The highest BCUT2D eigenvalue weighted by molar-refractivity contribution is 5.78. The number of nitrogens with one attached hydrogen (secondary N) is 1. The van der Waals surface area contributed by atoms with Crippen LogP contribution in [0.25, 0.3) is 0 Å². The van der Waals surface area contributed by atoms with E-state index in [0.29, 0.717) is 17.3 Å². The highest BCUT2D eigenvalue weighted by atomic mass is 19.1. The number of benzene rings is 1. The molecular formula is C12H12FN3O2. The molecule has 5 nitrogen and oxygen atoms in total. The van der Waals surface area contributed by atoms with Crippen LogP contribution in [0.15, 0.2) is 28.8 Å². The molecule has 1 amide bonds. The quantitative estimate of drug-likeness (QED) is 0.888. The van der Waals surface area contributed by atoms with E-state index in [1.54, 1.807) is 19.1 Å². The van der Waals surface area contributed by atoms with E-state index in [9.17, 15) is 9.18 Å². The van der Waals surface area contributed by atoms with E-state index in [2.05, 4.69) is 15.5 Å². The zero-order valence-corrected chi connectivity index (χ0v) is 9.81. The van der Waals surface area contributed by atoms with E-state index in [4.69, 9.17) is 4.52 Å². The van der Waals surface area contributed by atoms with Gasteiger partial charge in [0.25, 0.3) is 0 Å². The molecule has 2 aromatic rings. The van der Waals surface area contributed by atoms with Crippen LogP contribution in [0.5, 0.6) is 0 Å². The Kier molecular flexibility index (Phi) is 3.66. The first-order valence-corrected chi connectivity index (χ1v) is 5.44. The number of carbonyl (C=O) groups excluding carboxylic acids is 1. The van der Waals surface area contributed by atoms with E-state index in [1.807, 2.05) is 0 Å². The Bertz CT molecular complexity index is 554. The van der Waals surface area contributed by atoms with Crippen molar-refractivity contribution in [2.45, 2.75) is 19.9 Å². The van der Waals surface area contributed by atoms with Gasteiger partial charge in [-0.15, -0.1) is 0 Å². The van der Waals surface area contributed by atoms with Crippen LogP contribution in [-0.4, -0.2) is 16.0 Å². The van der Waals surface area contributed by atoms with Gasteiger partial charge in [-0.3, -0.25) is 4.79 Å². The second-order valence-electron chi connectivity index (χ2n) is 3.81. The maximum absolute atomic E-state index is 12.9. The summed E-state index contributed by atoms with van der Waals surface area (Å²) in [5, 5.41) is 6.28. The average Bonchev–Trinajstić information content (AvgIpc) is 2.73. The zero-order valence-electron chi connectivity index (χ0n) is 9.81. The molecule has 18 heavy (non-hydrogen) atoms. The Morgan fingerprint density at radius 1 is 1.50 bits per heavy atom. The molecule has 1 heterocycles. The maximum atomic E-state index is 12.9. The number of aryl methyl sites for hydroxylation is 1. The predicted octanol–water partition coefficient (Wildman–Crippen LogP) is 1.38. The van der Waals surface area contributed by atoms with Crippen molar-refractivity contribution in [3.05, 3.63) is 47.4 Å². The van der Waals surface area contributed by atoms with Crippen molar-refractivity contribution in [2.24, 2.45) is 0 Å². The van der Waals surface area contributed by atoms with E-state index < -0.39 is 0 Å². The average molecular weight is 249 g/mol. The van der Waals surface area contributed by atoms with Crippen molar-refractivity contribution in [1.82, 2.24) is 15.5 Å². The fourth-order valence-electron chi connectivity index (χ4n) is 1.49. The number of halogens is 1. The summed E-state index contributed by atoms with van der Waals surface area (Å²) in [6.07, 6.45) is 0.120. The molecule has 0 bridgehead atoms. The zero-order chi connectivity index (χ0) is 13.0. The Hall–Kier alpha value is -2.24. The fourth-order valence-corrected chi connectivity index (χ4v) is 1.49. The third-order valence-electron chi connectivity index (χ3n) is 2.27. The highest BCUT2D eigenvalue weighted by Crippen LogP contribution is 2.04. The van der Waals surface area contributed by atoms with Crippen LogP contribution in [0.3, 0.4) is 0 Å². The topological polar surface area (TPSA) is 68.0 Å². The van der Waals surface area contributed by atoms with Crippen LogP contribution in [0.4, 0.5) is 4.39 Å². The summed E-state index contributed by atoms with van der Waals surface area (Å²) in [5.41, 5.74) is 0.622. The van der Waals surface area contributed by atoms with Gasteiger partial charge in [0.2, 0.25) is 11.8 Å². The van der Waals surface area contributed by atoms with Gasteiger partial charge in [0, 0.05) is 6.92 Å². The van der Waals surface area contributed by atoms with Gasteiger partial charge < -0.3 is 9.84 Å². The fraction of sp³-hybridized carbons (Fsp3) is 0.250. The van der Waals surface area contributed by atoms with Gasteiger partial charge in [-0.05, 0) is 17.7 Å². The number of nitrogens with zero attached hydrogens (tertiary/aromatic N) is 2. The first-order valence-electron chi connectivity index (χ1n) is 5.44. The SMILES string of the molecule is Cc1nc(CNC(=O)Cc2cccc(F)c2)no1. The Labute approximate surface area is 103 Å². The smallest absolute Gasteiger partial charge is 0.224 e. The summed E-state index contributed by atoms with van der Waals surface area (Å²) in [4.78, 5) is 15.5. The van der Waals surface area contributed by atoms with Crippen molar-refractivity contribution in [1.29, 1.82) is 0 Å². The second kappa shape index (κ2) is 5.39. The summed E-state index contributed by atoms with van der Waals surface area (Å²) in [7, 11) is 0. The van der Waals surface area contributed by atoms with Crippen LogP contribution in [-0.2, 0) is 17.8 Å². The number of hydrogen-bond donors (Lipinski definition) is 1. The molecule has 0 fully saturated rings. The first-order chi connectivity index (χ1) is 8.63. The summed E-state index contributed by atoms with van der Waals surface area (Å²) >= 11 is 0. The molecule has 0 saturated heterocycles. The lowest BCUT2D eigenvalue weighted by atomic mass is 10.1. The van der Waals surface area contributed by atoms with Gasteiger partial charge >= 0.3 is 0 Å².